The Morgan fingerprint density at radius 2 is 2.07 bits per heavy atom. The van der Waals surface area contributed by atoms with Crippen LogP contribution in [-0.4, -0.2) is 24.5 Å². The molecule has 142 valence electrons. The number of hydrogen-bond acceptors (Lipinski definition) is 5. The normalized spacial score (nSPS) is 15.6. The van der Waals surface area contributed by atoms with E-state index in [1.165, 1.54) is 24.8 Å². The van der Waals surface area contributed by atoms with E-state index in [1.807, 2.05) is 18.2 Å². The highest BCUT2D eigenvalue weighted by Gasteiger charge is 2.28. The average molecular weight is 370 g/mol. The van der Waals surface area contributed by atoms with E-state index < -0.39 is 10.8 Å². The third-order valence-corrected chi connectivity index (χ3v) is 4.70. The number of amides is 1. The number of carbonyl (C=O) groups is 1. The van der Waals surface area contributed by atoms with Crippen LogP contribution in [0.15, 0.2) is 36.4 Å². The Hall–Kier alpha value is -3.09. The van der Waals surface area contributed by atoms with E-state index in [2.05, 4.69) is 11.4 Å². The summed E-state index contributed by atoms with van der Waals surface area (Å²) in [5.41, 5.74) is 1.93. The van der Waals surface area contributed by atoms with Gasteiger partial charge in [0.2, 0.25) is 0 Å². The van der Waals surface area contributed by atoms with E-state index in [4.69, 9.17) is 9.47 Å². The largest absolute Gasteiger partial charge is 0.493 e. The molecule has 7 heteroatoms. The van der Waals surface area contributed by atoms with Gasteiger partial charge >= 0.3 is 0 Å². The number of ether oxygens (including phenoxy) is 2. The molecule has 27 heavy (non-hydrogen) atoms. The highest BCUT2D eigenvalue weighted by molar-refractivity contribution is 5.99. The summed E-state index contributed by atoms with van der Waals surface area (Å²) < 4.78 is 10.6. The molecule has 1 aliphatic rings. The predicted molar refractivity (Wildman–Crippen MR) is 100 cm³/mol. The van der Waals surface area contributed by atoms with Crippen molar-refractivity contribution in [3.63, 3.8) is 0 Å². The Labute approximate surface area is 157 Å². The monoisotopic (exact) mass is 370 g/mol. The molecule has 1 amide bonds. The lowest BCUT2D eigenvalue weighted by atomic mass is 9.87. The Kier molecular flexibility index (Phi) is 5.59. The smallest absolute Gasteiger partial charge is 0.286 e. The van der Waals surface area contributed by atoms with Crippen molar-refractivity contribution in [3.8, 4) is 11.5 Å². The number of nitro benzene ring substituents is 1. The number of nitrogens with zero attached hydrogens (tertiary/aromatic N) is 1. The lowest BCUT2D eigenvalue weighted by Crippen LogP contribution is -2.31. The second kappa shape index (κ2) is 8.07. The van der Waals surface area contributed by atoms with Crippen molar-refractivity contribution in [2.24, 2.45) is 0 Å². The fraction of sp³-hybridized carbons (Fsp3) is 0.350. The van der Waals surface area contributed by atoms with Crippen molar-refractivity contribution in [3.05, 3.63) is 63.2 Å². The molecule has 0 saturated heterocycles. The number of hydrogen-bond donors (Lipinski definition) is 1. The first-order valence-electron chi connectivity index (χ1n) is 8.93. The summed E-state index contributed by atoms with van der Waals surface area (Å²) in [4.78, 5) is 23.8. The third kappa shape index (κ3) is 3.86. The fourth-order valence-electron chi connectivity index (χ4n) is 3.45. The van der Waals surface area contributed by atoms with Gasteiger partial charge in [0.25, 0.3) is 11.6 Å². The van der Waals surface area contributed by atoms with Gasteiger partial charge in [0, 0.05) is 6.07 Å². The van der Waals surface area contributed by atoms with Gasteiger partial charge in [-0.15, -0.1) is 0 Å². The first-order valence-corrected chi connectivity index (χ1v) is 8.93. The van der Waals surface area contributed by atoms with Crippen molar-refractivity contribution in [1.82, 2.24) is 5.32 Å². The van der Waals surface area contributed by atoms with Gasteiger partial charge in [-0.2, -0.15) is 0 Å². The summed E-state index contributed by atoms with van der Waals surface area (Å²) in [6, 6.07) is 10.4. The van der Waals surface area contributed by atoms with Crippen LogP contribution < -0.4 is 14.8 Å². The summed E-state index contributed by atoms with van der Waals surface area (Å²) in [6.45, 7) is 2.14. The highest BCUT2D eigenvalue weighted by Crippen LogP contribution is 2.36. The second-order valence-corrected chi connectivity index (χ2v) is 6.33. The van der Waals surface area contributed by atoms with Gasteiger partial charge in [-0.25, -0.2) is 0 Å². The Balaban J connectivity index is 1.94. The van der Waals surface area contributed by atoms with Gasteiger partial charge in [0.1, 0.15) is 5.56 Å². The molecule has 0 fully saturated rings. The molecule has 7 nitrogen and oxygen atoms in total. The highest BCUT2D eigenvalue weighted by atomic mass is 16.6. The molecule has 0 heterocycles. The van der Waals surface area contributed by atoms with Gasteiger partial charge in [-0.05, 0) is 37.3 Å². The number of rotatable bonds is 6. The Bertz CT molecular complexity index is 865. The second-order valence-electron chi connectivity index (χ2n) is 6.33. The van der Waals surface area contributed by atoms with E-state index in [0.717, 1.165) is 24.8 Å². The standard InChI is InChI=1S/C20H22N2O5/c1-3-27-19-11-15(17(22(24)25)12-18(19)26-2)20(23)21-16-10-6-8-13-7-4-5-9-14(13)16/h4-5,7,9,11-12,16H,3,6,8,10H2,1-2H3,(H,21,23). The molecular formula is C20H22N2O5. The number of nitro groups is 1. The minimum Gasteiger partial charge on any atom is -0.493 e. The molecular weight excluding hydrogens is 348 g/mol. The Morgan fingerprint density at radius 3 is 2.78 bits per heavy atom. The molecule has 0 radical (unpaired) electrons. The van der Waals surface area contributed by atoms with Crippen molar-refractivity contribution >= 4 is 11.6 Å². The summed E-state index contributed by atoms with van der Waals surface area (Å²) in [5.74, 6) is 0.0370. The molecule has 0 spiro atoms. The third-order valence-electron chi connectivity index (χ3n) is 4.70. The van der Waals surface area contributed by atoms with E-state index in [9.17, 15) is 14.9 Å². The van der Waals surface area contributed by atoms with Crippen LogP contribution in [0.3, 0.4) is 0 Å². The maximum absolute atomic E-state index is 12.9. The molecule has 1 unspecified atom stereocenters. The zero-order valence-corrected chi connectivity index (χ0v) is 15.4. The lowest BCUT2D eigenvalue weighted by Gasteiger charge is -2.26. The molecule has 1 atom stereocenters. The van der Waals surface area contributed by atoms with E-state index >= 15 is 0 Å². The number of carbonyl (C=O) groups excluding carboxylic acids is 1. The average Bonchev–Trinajstić information content (AvgIpc) is 2.68. The van der Waals surface area contributed by atoms with Crippen LogP contribution in [0.1, 0.15) is 47.3 Å². The van der Waals surface area contributed by atoms with E-state index in [-0.39, 0.29) is 23.0 Å². The molecule has 2 aromatic rings. The van der Waals surface area contributed by atoms with Gasteiger partial charge in [0.15, 0.2) is 11.5 Å². The van der Waals surface area contributed by atoms with Gasteiger partial charge in [-0.3, -0.25) is 14.9 Å². The van der Waals surface area contributed by atoms with Gasteiger partial charge in [-0.1, -0.05) is 24.3 Å². The maximum atomic E-state index is 12.9. The van der Waals surface area contributed by atoms with Crippen molar-refractivity contribution in [2.45, 2.75) is 32.2 Å². The molecule has 1 aliphatic carbocycles. The zero-order chi connectivity index (χ0) is 19.4. The SMILES string of the molecule is CCOc1cc(C(=O)NC2CCCc3ccccc32)c([N+](=O)[O-])cc1OC. The number of nitrogens with one attached hydrogen (secondary N) is 1. The molecule has 1 N–H and O–H groups in total. The maximum Gasteiger partial charge on any atom is 0.286 e. The molecule has 3 rings (SSSR count). The topological polar surface area (TPSA) is 90.7 Å². The van der Waals surface area contributed by atoms with Crippen molar-refractivity contribution < 1.29 is 19.2 Å². The number of benzene rings is 2. The van der Waals surface area contributed by atoms with Crippen LogP contribution in [0, 0.1) is 10.1 Å². The summed E-state index contributed by atoms with van der Waals surface area (Å²) in [5, 5.41) is 14.4. The molecule has 2 aromatic carbocycles. The Morgan fingerprint density at radius 1 is 1.30 bits per heavy atom. The van der Waals surface area contributed by atoms with Gasteiger partial charge in [0.05, 0.1) is 30.7 Å². The quantitative estimate of drug-likeness (QED) is 0.617. The molecule has 0 aromatic heterocycles. The molecule has 0 bridgehead atoms. The number of aryl methyl sites for hydroxylation is 1. The van der Waals surface area contributed by atoms with Crippen LogP contribution in [-0.2, 0) is 6.42 Å². The molecule has 0 aliphatic heterocycles. The first-order chi connectivity index (χ1) is 13.0. The minimum absolute atomic E-state index is 0.0349. The van der Waals surface area contributed by atoms with E-state index in [0.29, 0.717) is 12.4 Å². The first kappa shape index (κ1) is 18.7. The zero-order valence-electron chi connectivity index (χ0n) is 15.4. The number of methoxy groups -OCH3 is 1. The van der Waals surface area contributed by atoms with Gasteiger partial charge < -0.3 is 14.8 Å². The van der Waals surface area contributed by atoms with Crippen molar-refractivity contribution in [2.75, 3.05) is 13.7 Å². The predicted octanol–water partition coefficient (Wildman–Crippen LogP) is 3.81. The molecule has 0 saturated carbocycles. The van der Waals surface area contributed by atoms with Crippen LogP contribution in [0.4, 0.5) is 5.69 Å². The minimum atomic E-state index is -0.581. The van der Waals surface area contributed by atoms with E-state index in [1.54, 1.807) is 6.92 Å². The lowest BCUT2D eigenvalue weighted by molar-refractivity contribution is -0.385. The van der Waals surface area contributed by atoms with Crippen LogP contribution in [0.25, 0.3) is 0 Å². The number of fused-ring (bicyclic) bond motifs is 1. The van der Waals surface area contributed by atoms with Crippen molar-refractivity contribution in [1.29, 1.82) is 0 Å². The van der Waals surface area contributed by atoms with Crippen LogP contribution in [0.5, 0.6) is 11.5 Å². The fourth-order valence-corrected chi connectivity index (χ4v) is 3.45. The summed E-state index contributed by atoms with van der Waals surface area (Å²) in [7, 11) is 1.40. The summed E-state index contributed by atoms with van der Waals surface area (Å²) in [6.07, 6.45) is 2.72. The van der Waals surface area contributed by atoms with Crippen LogP contribution >= 0.6 is 0 Å². The summed E-state index contributed by atoms with van der Waals surface area (Å²) >= 11 is 0. The van der Waals surface area contributed by atoms with Crippen LogP contribution in [0.2, 0.25) is 0 Å².